The van der Waals surface area contributed by atoms with Gasteiger partial charge in [-0.25, -0.2) is 4.79 Å². The van der Waals surface area contributed by atoms with Crippen LogP contribution in [0.15, 0.2) is 103 Å². The van der Waals surface area contributed by atoms with Gasteiger partial charge in [0.25, 0.3) is 0 Å². The van der Waals surface area contributed by atoms with Crippen molar-refractivity contribution in [2.45, 2.75) is 101 Å². The number of carbonyl (C=O) groups is 2. The first-order valence-electron chi connectivity index (χ1n) is 22.7. The largest absolute Gasteiger partial charge is 0.496 e. The van der Waals surface area contributed by atoms with E-state index in [9.17, 15) is 14.7 Å². The fraction of sp³-hybridized carbons (Fsp3) is 0.415. The van der Waals surface area contributed by atoms with E-state index in [-0.39, 0.29) is 23.7 Å². The van der Waals surface area contributed by atoms with Crippen LogP contribution in [0.5, 0.6) is 17.2 Å². The molecule has 0 bridgehead atoms. The number of aryl methyl sites for hydroxylation is 1. The Morgan fingerprint density at radius 1 is 0.937 bits per heavy atom. The number of halogens is 1. The number of carboxylic acid groups (broad SMARTS) is 1. The minimum Gasteiger partial charge on any atom is -0.496 e. The maximum absolute atomic E-state index is 13.1. The summed E-state index contributed by atoms with van der Waals surface area (Å²) < 4.78 is 18.5. The number of aromatic nitrogens is 1. The van der Waals surface area contributed by atoms with Crippen LogP contribution in [-0.2, 0) is 34.3 Å². The first-order valence-corrected chi connectivity index (χ1v) is 23.1. The van der Waals surface area contributed by atoms with Crippen LogP contribution in [0, 0.1) is 11.8 Å². The molecule has 5 aromatic rings. The lowest BCUT2D eigenvalue weighted by molar-refractivity contribution is -0.144. The van der Waals surface area contributed by atoms with Gasteiger partial charge in [0, 0.05) is 40.3 Å². The zero-order chi connectivity index (χ0) is 44.0. The molecule has 0 saturated heterocycles. The number of amides is 1. The summed E-state index contributed by atoms with van der Waals surface area (Å²) in [5.74, 6) is 2.72. The predicted molar refractivity (Wildman–Crippen MR) is 249 cm³/mol. The van der Waals surface area contributed by atoms with Gasteiger partial charge in [-0.15, -0.1) is 0 Å². The number of hydrogen-bond acceptors (Lipinski definition) is 7. The number of fused-ring (bicyclic) bond motifs is 3. The molecule has 9 nitrogen and oxygen atoms in total. The monoisotopic (exact) mass is 869 g/mol. The summed E-state index contributed by atoms with van der Waals surface area (Å²) in [5.41, 5.74) is 7.36. The third-order valence-electron chi connectivity index (χ3n) is 13.9. The molecule has 3 atom stereocenters. The fourth-order valence-corrected chi connectivity index (χ4v) is 10.8. The SMILES string of the molecule is COc1ccccc1-c1cccc(CC(=O)NCCCOc2ccc3c(c2)C2(CCC(Nc4cccc(Cl)c4)(C(=O)O)CC2)C(C[C@@H](C)COc2ccnc4c2[C@H](C)CCC4)C3)c1. The molecule has 1 aromatic heterocycles. The van der Waals surface area contributed by atoms with Crippen molar-refractivity contribution >= 4 is 29.2 Å². The minimum atomic E-state index is -1.11. The normalized spacial score (nSPS) is 21.8. The Kier molecular flexibility index (Phi) is 13.6. The summed E-state index contributed by atoms with van der Waals surface area (Å²) in [6.07, 6.45) is 10.4. The van der Waals surface area contributed by atoms with Crippen molar-refractivity contribution in [3.63, 3.8) is 0 Å². The molecule has 1 spiro atoms. The predicted octanol–water partition coefficient (Wildman–Crippen LogP) is 11.0. The third kappa shape index (κ3) is 9.84. The second-order valence-electron chi connectivity index (χ2n) is 18.1. The average Bonchev–Trinajstić information content (AvgIpc) is 3.57. The first kappa shape index (κ1) is 44.1. The standard InChI is InChI=1S/C53H60ClN3O6/c1-35(34-63-48-20-26-55-46-16-6-10-36(2)50(46)48)28-40-31-39-18-19-43(33-45(39)52(40)21-23-53(24-22-52,51(59)60)57-42-14-8-13-41(54)32-42)62-27-9-25-56-49(58)30-37-11-7-12-38(29-37)44-15-4-5-17-47(44)61-3/h4-5,7-8,11-15,17-20,26,29,32-33,35-36,40,57H,6,9-10,16,21-25,27-28,30-31,34H2,1-3H3,(H,56,58)(H,59,60)/t35-,36-,40?,52?,53?/m1/s1. The van der Waals surface area contributed by atoms with Gasteiger partial charge in [0.2, 0.25) is 5.91 Å². The number of methoxy groups -OCH3 is 1. The number of carbonyl (C=O) groups excluding carboxylic acids is 1. The van der Waals surface area contributed by atoms with Crippen molar-refractivity contribution in [2.75, 3.05) is 32.2 Å². The molecular formula is C53H60ClN3O6. The Hall–Kier alpha value is -5.54. The molecule has 3 aliphatic rings. The van der Waals surface area contributed by atoms with Gasteiger partial charge in [0.05, 0.1) is 26.7 Å². The maximum Gasteiger partial charge on any atom is 0.329 e. The molecule has 8 rings (SSSR count). The van der Waals surface area contributed by atoms with Crippen LogP contribution in [0.3, 0.4) is 0 Å². The number of nitrogens with zero attached hydrogens (tertiary/aromatic N) is 1. The molecule has 0 radical (unpaired) electrons. The van der Waals surface area contributed by atoms with Gasteiger partial charge in [-0.05, 0) is 152 Å². The van der Waals surface area contributed by atoms with Gasteiger partial charge in [-0.3, -0.25) is 9.78 Å². The molecule has 1 amide bonds. The molecule has 10 heteroatoms. The summed E-state index contributed by atoms with van der Waals surface area (Å²) in [4.78, 5) is 30.8. The Morgan fingerprint density at radius 2 is 1.76 bits per heavy atom. The van der Waals surface area contributed by atoms with E-state index >= 15 is 0 Å². The maximum atomic E-state index is 13.1. The molecule has 330 valence electrons. The van der Waals surface area contributed by atoms with Gasteiger partial charge in [-0.1, -0.05) is 80.0 Å². The van der Waals surface area contributed by atoms with Gasteiger partial charge in [0.15, 0.2) is 0 Å². The van der Waals surface area contributed by atoms with Crippen LogP contribution in [-0.4, -0.2) is 54.4 Å². The summed E-state index contributed by atoms with van der Waals surface area (Å²) in [6, 6.07) is 31.7. The molecule has 3 N–H and O–H groups in total. The number of aliphatic carboxylic acids is 1. The van der Waals surface area contributed by atoms with Gasteiger partial charge >= 0.3 is 5.97 Å². The second-order valence-corrected chi connectivity index (χ2v) is 18.6. The fourth-order valence-electron chi connectivity index (χ4n) is 10.6. The zero-order valence-electron chi connectivity index (χ0n) is 36.8. The first-order chi connectivity index (χ1) is 30.6. The summed E-state index contributed by atoms with van der Waals surface area (Å²) in [7, 11) is 1.66. The minimum absolute atomic E-state index is 0.0356. The van der Waals surface area contributed by atoms with E-state index in [0.717, 1.165) is 78.9 Å². The number of carboxylic acids is 1. The van der Waals surface area contributed by atoms with E-state index in [1.165, 1.54) is 22.4 Å². The van der Waals surface area contributed by atoms with Crippen LogP contribution >= 0.6 is 11.6 Å². The average molecular weight is 871 g/mol. The number of para-hydroxylation sites is 1. The van der Waals surface area contributed by atoms with Gasteiger partial charge in [-0.2, -0.15) is 0 Å². The number of ether oxygens (including phenoxy) is 3. The number of benzene rings is 4. The lowest BCUT2D eigenvalue weighted by Gasteiger charge is -2.47. The smallest absolute Gasteiger partial charge is 0.329 e. The molecule has 63 heavy (non-hydrogen) atoms. The van der Waals surface area contributed by atoms with Crippen molar-refractivity contribution in [1.82, 2.24) is 10.3 Å². The highest BCUT2D eigenvalue weighted by Crippen LogP contribution is 2.57. The molecule has 0 aliphatic heterocycles. The topological polar surface area (TPSA) is 119 Å². The molecule has 3 aliphatic carbocycles. The quantitative estimate of drug-likeness (QED) is 0.0791. The lowest BCUT2D eigenvalue weighted by atomic mass is 9.59. The van der Waals surface area contributed by atoms with Crippen molar-refractivity contribution in [2.24, 2.45) is 11.8 Å². The number of nitrogens with one attached hydrogen (secondary N) is 2. The Bertz CT molecular complexity index is 2410. The zero-order valence-corrected chi connectivity index (χ0v) is 37.5. The number of rotatable bonds is 17. The molecule has 1 heterocycles. The molecule has 1 unspecified atom stereocenters. The van der Waals surface area contributed by atoms with E-state index in [1.54, 1.807) is 19.2 Å². The lowest BCUT2D eigenvalue weighted by Crippen LogP contribution is -2.53. The summed E-state index contributed by atoms with van der Waals surface area (Å²) in [5, 5.41) is 17.8. The highest BCUT2D eigenvalue weighted by atomic mass is 35.5. The highest BCUT2D eigenvalue weighted by molar-refractivity contribution is 6.30. The summed E-state index contributed by atoms with van der Waals surface area (Å²) in [6.45, 7) is 6.13. The number of hydrogen-bond donors (Lipinski definition) is 3. The molecule has 1 fully saturated rings. The van der Waals surface area contributed by atoms with Crippen LogP contribution in [0.2, 0.25) is 5.02 Å². The van der Waals surface area contributed by atoms with Crippen LogP contribution in [0.25, 0.3) is 11.1 Å². The third-order valence-corrected chi connectivity index (χ3v) is 14.1. The molecular weight excluding hydrogens is 810 g/mol. The van der Waals surface area contributed by atoms with Crippen LogP contribution in [0.1, 0.15) is 99.1 Å². The number of pyridine rings is 1. The Labute approximate surface area is 376 Å². The molecule has 1 saturated carbocycles. The highest BCUT2D eigenvalue weighted by Gasteiger charge is 2.54. The van der Waals surface area contributed by atoms with Gasteiger partial charge in [0.1, 0.15) is 22.8 Å². The van der Waals surface area contributed by atoms with Crippen molar-refractivity contribution < 1.29 is 28.9 Å². The van der Waals surface area contributed by atoms with E-state index in [0.29, 0.717) is 61.6 Å². The van der Waals surface area contributed by atoms with Crippen molar-refractivity contribution in [1.29, 1.82) is 0 Å². The Morgan fingerprint density at radius 3 is 2.57 bits per heavy atom. The van der Waals surface area contributed by atoms with E-state index < -0.39 is 11.5 Å². The number of anilines is 1. The van der Waals surface area contributed by atoms with Gasteiger partial charge < -0.3 is 30.0 Å². The van der Waals surface area contributed by atoms with Crippen molar-refractivity contribution in [3.05, 3.63) is 136 Å². The van der Waals surface area contributed by atoms with E-state index in [2.05, 4.69) is 47.7 Å². The van der Waals surface area contributed by atoms with E-state index in [4.69, 9.17) is 25.8 Å². The summed E-state index contributed by atoms with van der Waals surface area (Å²) >= 11 is 6.32. The Balaban J connectivity index is 0.924. The van der Waals surface area contributed by atoms with Crippen molar-refractivity contribution in [3.8, 4) is 28.4 Å². The second kappa shape index (κ2) is 19.5. The molecule has 4 aromatic carbocycles. The van der Waals surface area contributed by atoms with Crippen LogP contribution in [0.4, 0.5) is 5.69 Å². The van der Waals surface area contributed by atoms with Crippen LogP contribution < -0.4 is 24.8 Å². The van der Waals surface area contributed by atoms with E-state index in [1.807, 2.05) is 72.9 Å².